The van der Waals surface area contributed by atoms with Crippen LogP contribution in [-0.2, 0) is 0 Å². The zero-order chi connectivity index (χ0) is 9.68. The van der Waals surface area contributed by atoms with Gasteiger partial charge in [-0.25, -0.2) is 4.79 Å². The minimum absolute atomic E-state index is 0.278. The smallest absolute Gasteiger partial charge is 0.333 e. The number of halogens is 1. The molecule has 0 aliphatic rings. The van der Waals surface area contributed by atoms with E-state index < -0.39 is 0 Å². The van der Waals surface area contributed by atoms with Gasteiger partial charge in [0.05, 0.1) is 5.69 Å². The van der Waals surface area contributed by atoms with Gasteiger partial charge in [0.2, 0.25) is 0 Å². The number of amides is 2. The summed E-state index contributed by atoms with van der Waals surface area (Å²) >= 11 is 3.32. The highest BCUT2D eigenvalue weighted by molar-refractivity contribution is 9.10. The van der Waals surface area contributed by atoms with E-state index in [4.69, 9.17) is 0 Å². The predicted molar refractivity (Wildman–Crippen MR) is 55.4 cm³/mol. The van der Waals surface area contributed by atoms with Crippen molar-refractivity contribution in [3.8, 4) is 0 Å². The normalized spacial score (nSPS) is 9.08. The number of urea groups is 1. The van der Waals surface area contributed by atoms with Crippen LogP contribution in [0.2, 0.25) is 0 Å². The summed E-state index contributed by atoms with van der Waals surface area (Å²) in [6.45, 7) is 0. The van der Waals surface area contributed by atoms with Crippen molar-refractivity contribution < 1.29 is 4.79 Å². The first-order valence-electron chi connectivity index (χ1n) is 3.71. The molecule has 0 saturated carbocycles. The van der Waals surface area contributed by atoms with Crippen molar-refractivity contribution in [2.45, 2.75) is 0 Å². The molecule has 0 heterocycles. The lowest BCUT2D eigenvalue weighted by atomic mass is 10.3. The van der Waals surface area contributed by atoms with Crippen LogP contribution in [0.15, 0.2) is 28.7 Å². The second-order valence-corrected chi connectivity index (χ2v) is 3.26. The average Bonchev–Trinajstić information content (AvgIpc) is 2.14. The third-order valence-corrected chi connectivity index (χ3v) is 1.87. The van der Waals surface area contributed by atoms with Crippen LogP contribution in [0.3, 0.4) is 0 Å². The van der Waals surface area contributed by atoms with Gasteiger partial charge >= 0.3 is 6.03 Å². The molecule has 0 aliphatic carbocycles. The Bertz CT molecular complexity index is 303. The summed E-state index contributed by atoms with van der Waals surface area (Å²) in [7, 11) is 1.55. The van der Waals surface area contributed by atoms with E-state index in [0.717, 1.165) is 10.2 Å². The Balaban J connectivity index is 2.50. The summed E-state index contributed by atoms with van der Waals surface area (Å²) < 4.78 is 0.955. The maximum atomic E-state index is 10.8. The molecule has 3 N–H and O–H groups in total. The number of nitrogens with one attached hydrogen (secondary N) is 3. The molecule has 0 unspecified atom stereocenters. The van der Waals surface area contributed by atoms with E-state index in [-0.39, 0.29) is 6.03 Å². The van der Waals surface area contributed by atoms with Crippen LogP contribution in [-0.4, -0.2) is 13.1 Å². The van der Waals surface area contributed by atoms with E-state index in [2.05, 4.69) is 32.1 Å². The predicted octanol–water partition coefficient (Wildman–Crippen LogP) is 1.70. The van der Waals surface area contributed by atoms with Crippen LogP contribution in [0.1, 0.15) is 0 Å². The molecular weight excluding hydrogens is 234 g/mol. The fraction of sp³-hybridized carbons (Fsp3) is 0.125. The van der Waals surface area contributed by atoms with Gasteiger partial charge in [0, 0.05) is 11.5 Å². The van der Waals surface area contributed by atoms with Gasteiger partial charge in [-0.3, -0.25) is 10.9 Å². The van der Waals surface area contributed by atoms with Gasteiger partial charge in [0.1, 0.15) is 0 Å². The number of rotatable bonds is 2. The molecule has 0 fully saturated rings. The van der Waals surface area contributed by atoms with Crippen molar-refractivity contribution in [2.75, 3.05) is 12.5 Å². The van der Waals surface area contributed by atoms with Gasteiger partial charge in [-0.1, -0.05) is 22.0 Å². The minimum Gasteiger partial charge on any atom is -0.340 e. The molecule has 0 radical (unpaired) electrons. The summed E-state index contributed by atoms with van der Waals surface area (Å²) in [5.74, 6) is 0. The molecule has 4 nitrogen and oxygen atoms in total. The molecule has 1 aromatic carbocycles. The van der Waals surface area contributed by atoms with Gasteiger partial charge < -0.3 is 5.32 Å². The summed E-state index contributed by atoms with van der Waals surface area (Å²) in [5.41, 5.74) is 6.02. The lowest BCUT2D eigenvalue weighted by Gasteiger charge is -2.07. The van der Waals surface area contributed by atoms with E-state index in [0.29, 0.717) is 0 Å². The molecule has 1 rings (SSSR count). The SMILES string of the molecule is CNC(=O)NNc1cccc(Br)c1. The molecule has 0 spiro atoms. The van der Waals surface area contributed by atoms with E-state index in [1.54, 1.807) is 7.05 Å². The van der Waals surface area contributed by atoms with Gasteiger partial charge in [-0.2, -0.15) is 0 Å². The quantitative estimate of drug-likeness (QED) is 0.693. The van der Waals surface area contributed by atoms with Gasteiger partial charge in [0.15, 0.2) is 0 Å². The van der Waals surface area contributed by atoms with Crippen molar-refractivity contribution in [3.05, 3.63) is 28.7 Å². The van der Waals surface area contributed by atoms with Crippen molar-refractivity contribution in [1.82, 2.24) is 10.7 Å². The molecule has 0 bridgehead atoms. The topological polar surface area (TPSA) is 53.2 Å². The highest BCUT2D eigenvalue weighted by atomic mass is 79.9. The zero-order valence-electron chi connectivity index (χ0n) is 7.10. The van der Waals surface area contributed by atoms with Gasteiger partial charge in [-0.15, -0.1) is 0 Å². The minimum atomic E-state index is -0.278. The van der Waals surface area contributed by atoms with Crippen molar-refractivity contribution in [2.24, 2.45) is 0 Å². The van der Waals surface area contributed by atoms with Gasteiger partial charge in [-0.05, 0) is 18.2 Å². The molecule has 2 amide bonds. The fourth-order valence-electron chi connectivity index (χ4n) is 0.758. The van der Waals surface area contributed by atoms with E-state index in [1.165, 1.54) is 0 Å². The lowest BCUT2D eigenvalue weighted by molar-refractivity contribution is 0.245. The highest BCUT2D eigenvalue weighted by Crippen LogP contribution is 2.14. The lowest BCUT2D eigenvalue weighted by Crippen LogP contribution is -2.36. The van der Waals surface area contributed by atoms with Crippen molar-refractivity contribution in [3.63, 3.8) is 0 Å². The Hall–Kier alpha value is -1.23. The van der Waals surface area contributed by atoms with Crippen LogP contribution >= 0.6 is 15.9 Å². The number of carbonyl (C=O) groups excluding carboxylic acids is 1. The molecule has 0 saturated heterocycles. The van der Waals surface area contributed by atoms with Crippen LogP contribution < -0.4 is 16.2 Å². The van der Waals surface area contributed by atoms with Crippen LogP contribution in [0, 0.1) is 0 Å². The average molecular weight is 244 g/mol. The summed E-state index contributed by atoms with van der Waals surface area (Å²) in [5, 5.41) is 2.43. The first-order chi connectivity index (χ1) is 6.22. The Morgan fingerprint density at radius 2 is 2.23 bits per heavy atom. The monoisotopic (exact) mass is 243 g/mol. The summed E-state index contributed by atoms with van der Waals surface area (Å²) in [4.78, 5) is 10.8. The summed E-state index contributed by atoms with van der Waals surface area (Å²) in [6, 6.07) is 7.21. The van der Waals surface area contributed by atoms with E-state index >= 15 is 0 Å². The summed E-state index contributed by atoms with van der Waals surface area (Å²) in [6.07, 6.45) is 0. The molecule has 0 aliphatic heterocycles. The number of hydrazine groups is 1. The largest absolute Gasteiger partial charge is 0.340 e. The van der Waals surface area contributed by atoms with Crippen molar-refractivity contribution >= 4 is 27.6 Å². The van der Waals surface area contributed by atoms with Crippen LogP contribution in [0.4, 0.5) is 10.5 Å². The Morgan fingerprint density at radius 3 is 2.85 bits per heavy atom. The first kappa shape index (κ1) is 9.85. The van der Waals surface area contributed by atoms with E-state index in [9.17, 15) is 4.79 Å². The second kappa shape index (κ2) is 4.71. The van der Waals surface area contributed by atoms with E-state index in [1.807, 2.05) is 24.3 Å². The second-order valence-electron chi connectivity index (χ2n) is 2.34. The highest BCUT2D eigenvalue weighted by Gasteiger charge is 1.95. The number of benzene rings is 1. The number of anilines is 1. The standard InChI is InChI=1S/C8H10BrN3O/c1-10-8(13)12-11-7-4-2-3-6(9)5-7/h2-5,11H,1H3,(H2,10,12,13). The molecule has 0 atom stereocenters. The third kappa shape index (κ3) is 3.33. The third-order valence-electron chi connectivity index (χ3n) is 1.37. The molecule has 70 valence electrons. The molecule has 0 aromatic heterocycles. The number of hydrogen-bond donors (Lipinski definition) is 3. The maximum absolute atomic E-state index is 10.8. The van der Waals surface area contributed by atoms with Crippen LogP contribution in [0.25, 0.3) is 0 Å². The zero-order valence-corrected chi connectivity index (χ0v) is 8.68. The maximum Gasteiger partial charge on any atom is 0.333 e. The Labute approximate surface area is 84.8 Å². The molecule has 13 heavy (non-hydrogen) atoms. The van der Waals surface area contributed by atoms with Gasteiger partial charge in [0.25, 0.3) is 0 Å². The Morgan fingerprint density at radius 1 is 1.46 bits per heavy atom. The van der Waals surface area contributed by atoms with Crippen LogP contribution in [0.5, 0.6) is 0 Å². The first-order valence-corrected chi connectivity index (χ1v) is 4.51. The molecule has 1 aromatic rings. The number of hydrogen-bond acceptors (Lipinski definition) is 2. The molecular formula is C8H10BrN3O. The van der Waals surface area contributed by atoms with Crippen molar-refractivity contribution in [1.29, 1.82) is 0 Å². The number of carbonyl (C=O) groups is 1. The molecule has 5 heteroatoms. The Kier molecular flexibility index (Phi) is 3.57. The fourth-order valence-corrected chi connectivity index (χ4v) is 1.16.